The van der Waals surface area contributed by atoms with E-state index in [9.17, 15) is 9.90 Å². The van der Waals surface area contributed by atoms with Crippen LogP contribution in [0, 0.1) is 11.8 Å². The molecule has 3 heteroatoms. The van der Waals surface area contributed by atoms with Gasteiger partial charge >= 0.3 is 5.97 Å². The molecule has 0 aromatic heterocycles. The van der Waals surface area contributed by atoms with Gasteiger partial charge in [0, 0.05) is 0 Å². The Balaban J connectivity index is 4.34. The lowest BCUT2D eigenvalue weighted by Gasteiger charge is -2.26. The lowest BCUT2D eigenvalue weighted by atomic mass is 9.90. The first kappa shape index (κ1) is 16.2. The van der Waals surface area contributed by atoms with E-state index in [0.29, 0.717) is 0 Å². The molecule has 0 saturated heterocycles. The summed E-state index contributed by atoms with van der Waals surface area (Å²) in [5, 5.41) is 9.30. The van der Waals surface area contributed by atoms with Gasteiger partial charge in [-0.25, -0.2) is 0 Å². The molecule has 17 heavy (non-hydrogen) atoms. The molecule has 0 aromatic carbocycles. The number of esters is 1. The van der Waals surface area contributed by atoms with Crippen LogP contribution in [0.5, 0.6) is 0 Å². The summed E-state index contributed by atoms with van der Waals surface area (Å²) in [6.45, 7) is 9.32. The monoisotopic (exact) mass is 242 g/mol. The van der Waals surface area contributed by atoms with Gasteiger partial charge in [0.05, 0.1) is 12.5 Å². The molecule has 0 aliphatic heterocycles. The van der Waals surface area contributed by atoms with E-state index in [1.807, 2.05) is 40.7 Å². The minimum Gasteiger partial charge on any atom is -0.460 e. The van der Waals surface area contributed by atoms with E-state index in [0.717, 1.165) is 12.8 Å². The highest BCUT2D eigenvalue weighted by atomic mass is 16.6. The van der Waals surface area contributed by atoms with Crippen LogP contribution in [0.15, 0.2) is 12.2 Å². The van der Waals surface area contributed by atoms with Gasteiger partial charge in [0.15, 0.2) is 0 Å². The Morgan fingerprint density at radius 3 is 2.41 bits per heavy atom. The second-order valence-corrected chi connectivity index (χ2v) is 5.45. The maximum atomic E-state index is 11.9. The summed E-state index contributed by atoms with van der Waals surface area (Å²) in [6.07, 6.45) is 5.87. The van der Waals surface area contributed by atoms with Crippen LogP contribution in [0.25, 0.3) is 0 Å². The number of carbonyl (C=O) groups is 1. The maximum absolute atomic E-state index is 11.9. The fraction of sp³-hybridized carbons (Fsp3) is 0.786. The van der Waals surface area contributed by atoms with Gasteiger partial charge < -0.3 is 9.84 Å². The normalized spacial score (nSPS) is 15.9. The first-order valence-corrected chi connectivity index (χ1v) is 6.26. The first-order valence-electron chi connectivity index (χ1n) is 6.26. The molecule has 0 bridgehead atoms. The van der Waals surface area contributed by atoms with E-state index in [1.54, 1.807) is 0 Å². The number of carbonyl (C=O) groups excluding carboxylic acids is 1. The number of ether oxygens (including phenoxy) is 1. The Morgan fingerprint density at radius 2 is 2.00 bits per heavy atom. The third-order valence-electron chi connectivity index (χ3n) is 2.62. The molecule has 0 amide bonds. The fourth-order valence-corrected chi connectivity index (χ4v) is 1.59. The highest BCUT2D eigenvalue weighted by molar-refractivity contribution is 5.73. The Morgan fingerprint density at radius 1 is 1.41 bits per heavy atom. The van der Waals surface area contributed by atoms with Crippen LogP contribution >= 0.6 is 0 Å². The fourth-order valence-electron chi connectivity index (χ4n) is 1.59. The molecule has 0 aliphatic carbocycles. The largest absolute Gasteiger partial charge is 0.460 e. The van der Waals surface area contributed by atoms with E-state index in [1.165, 1.54) is 0 Å². The lowest BCUT2D eigenvalue weighted by molar-refractivity contribution is -0.163. The molecule has 0 heterocycles. The van der Waals surface area contributed by atoms with E-state index in [-0.39, 0.29) is 18.5 Å². The molecule has 3 nitrogen and oxygen atoms in total. The van der Waals surface area contributed by atoms with Crippen LogP contribution in [0.3, 0.4) is 0 Å². The number of hydrogen-bond acceptors (Lipinski definition) is 3. The van der Waals surface area contributed by atoms with Gasteiger partial charge in [-0.3, -0.25) is 4.79 Å². The molecule has 2 unspecified atom stereocenters. The quantitative estimate of drug-likeness (QED) is 0.575. The molecule has 100 valence electrons. The van der Waals surface area contributed by atoms with Gasteiger partial charge in [-0.15, -0.1) is 0 Å². The molecule has 1 N–H and O–H groups in total. The molecule has 0 saturated carbocycles. The van der Waals surface area contributed by atoms with Crippen LogP contribution < -0.4 is 0 Å². The molecule has 0 fully saturated rings. The Kier molecular flexibility index (Phi) is 7.12. The maximum Gasteiger partial charge on any atom is 0.312 e. The second kappa shape index (κ2) is 7.49. The van der Waals surface area contributed by atoms with Crippen LogP contribution in [0.2, 0.25) is 0 Å². The van der Waals surface area contributed by atoms with Crippen molar-refractivity contribution >= 4 is 5.97 Å². The van der Waals surface area contributed by atoms with E-state index < -0.39 is 11.5 Å². The van der Waals surface area contributed by atoms with E-state index in [4.69, 9.17) is 4.74 Å². The van der Waals surface area contributed by atoms with E-state index >= 15 is 0 Å². The van der Waals surface area contributed by atoms with E-state index in [2.05, 4.69) is 6.08 Å². The van der Waals surface area contributed by atoms with Crippen molar-refractivity contribution < 1.29 is 14.6 Å². The van der Waals surface area contributed by atoms with Crippen molar-refractivity contribution in [1.29, 1.82) is 0 Å². The van der Waals surface area contributed by atoms with Crippen LogP contribution in [0.4, 0.5) is 0 Å². The van der Waals surface area contributed by atoms with Crippen molar-refractivity contribution in [3.63, 3.8) is 0 Å². The molecule has 0 radical (unpaired) electrons. The Labute approximate surface area is 105 Å². The summed E-state index contributed by atoms with van der Waals surface area (Å²) in [6, 6.07) is 0. The molecule has 2 atom stereocenters. The SMILES string of the molecule is CC=CCCC(C)C(CO)C(=O)OC(C)(C)C. The van der Waals surface area contributed by atoms with Gasteiger partial charge in [0.25, 0.3) is 0 Å². The predicted octanol–water partition coefficient (Wildman–Crippen LogP) is 2.93. The third-order valence-corrected chi connectivity index (χ3v) is 2.62. The molecule has 0 aliphatic rings. The summed E-state index contributed by atoms with van der Waals surface area (Å²) in [4.78, 5) is 11.9. The van der Waals surface area contributed by atoms with Crippen molar-refractivity contribution in [2.24, 2.45) is 11.8 Å². The predicted molar refractivity (Wildman–Crippen MR) is 69.6 cm³/mol. The van der Waals surface area contributed by atoms with Crippen LogP contribution in [-0.2, 0) is 9.53 Å². The van der Waals surface area contributed by atoms with Crippen molar-refractivity contribution in [2.45, 2.75) is 53.1 Å². The van der Waals surface area contributed by atoms with Crippen LogP contribution in [-0.4, -0.2) is 23.3 Å². The minimum absolute atomic E-state index is 0.131. The Hall–Kier alpha value is -0.830. The Bertz CT molecular complexity index is 251. The minimum atomic E-state index is -0.493. The van der Waals surface area contributed by atoms with Gasteiger partial charge in [0.2, 0.25) is 0 Å². The van der Waals surface area contributed by atoms with Crippen molar-refractivity contribution in [1.82, 2.24) is 0 Å². The van der Waals surface area contributed by atoms with Crippen molar-refractivity contribution in [2.75, 3.05) is 6.61 Å². The first-order chi connectivity index (χ1) is 7.81. The zero-order valence-corrected chi connectivity index (χ0v) is 11.7. The number of hydrogen-bond donors (Lipinski definition) is 1. The average Bonchev–Trinajstić information content (AvgIpc) is 2.16. The lowest BCUT2D eigenvalue weighted by Crippen LogP contribution is -2.33. The topological polar surface area (TPSA) is 46.5 Å². The summed E-state index contributed by atoms with van der Waals surface area (Å²) >= 11 is 0. The smallest absolute Gasteiger partial charge is 0.312 e. The van der Waals surface area contributed by atoms with Crippen molar-refractivity contribution in [3.05, 3.63) is 12.2 Å². The zero-order chi connectivity index (χ0) is 13.5. The van der Waals surface area contributed by atoms with Gasteiger partial charge in [-0.05, 0) is 46.5 Å². The third kappa shape index (κ3) is 7.16. The summed E-state index contributed by atoms with van der Waals surface area (Å²) < 4.78 is 5.30. The molecule has 0 rings (SSSR count). The summed E-state index contributed by atoms with van der Waals surface area (Å²) in [5.41, 5.74) is -0.493. The molecular formula is C14H26O3. The van der Waals surface area contributed by atoms with Crippen LogP contribution in [0.1, 0.15) is 47.5 Å². The molecule has 0 spiro atoms. The highest BCUT2D eigenvalue weighted by Gasteiger charge is 2.28. The van der Waals surface area contributed by atoms with Crippen molar-refractivity contribution in [3.8, 4) is 0 Å². The standard InChI is InChI=1S/C14H26O3/c1-6-7-8-9-11(2)12(10-15)13(16)17-14(3,4)5/h6-7,11-12,15H,8-10H2,1-5H3. The highest BCUT2D eigenvalue weighted by Crippen LogP contribution is 2.21. The second-order valence-electron chi connectivity index (χ2n) is 5.45. The van der Waals surface area contributed by atoms with Gasteiger partial charge in [-0.2, -0.15) is 0 Å². The number of rotatable bonds is 6. The number of allylic oxidation sites excluding steroid dienone is 2. The molecule has 0 aromatic rings. The number of aliphatic hydroxyl groups excluding tert-OH is 1. The summed E-state index contributed by atoms with van der Waals surface area (Å²) in [5.74, 6) is -0.585. The van der Waals surface area contributed by atoms with Gasteiger partial charge in [-0.1, -0.05) is 19.1 Å². The molecular weight excluding hydrogens is 216 g/mol. The van der Waals surface area contributed by atoms with Gasteiger partial charge in [0.1, 0.15) is 5.60 Å². The summed E-state index contributed by atoms with van der Waals surface area (Å²) in [7, 11) is 0. The average molecular weight is 242 g/mol. The zero-order valence-electron chi connectivity index (χ0n) is 11.7. The number of aliphatic hydroxyl groups is 1.